The average molecular weight is 287 g/mol. The molecule has 0 fully saturated rings. The zero-order chi connectivity index (χ0) is 15.8. The first-order valence-electron chi connectivity index (χ1n) is 6.93. The summed E-state index contributed by atoms with van der Waals surface area (Å²) >= 11 is 0. The molecule has 0 aliphatic rings. The second-order valence-corrected chi connectivity index (χ2v) is 5.79. The van der Waals surface area contributed by atoms with Crippen molar-refractivity contribution in [2.45, 2.75) is 59.1 Å². The number of ether oxygens (including phenoxy) is 1. The lowest BCUT2D eigenvalue weighted by molar-refractivity contribution is -0.119. The van der Waals surface area contributed by atoms with Gasteiger partial charge in [-0.05, 0) is 26.7 Å². The van der Waals surface area contributed by atoms with Crippen molar-refractivity contribution in [2.75, 3.05) is 6.67 Å². The van der Waals surface area contributed by atoms with Crippen LogP contribution in [-0.2, 0) is 9.53 Å². The van der Waals surface area contributed by atoms with Crippen molar-refractivity contribution in [1.29, 1.82) is 0 Å². The minimum absolute atomic E-state index is 0.0477. The van der Waals surface area contributed by atoms with Crippen LogP contribution in [0.3, 0.4) is 0 Å². The van der Waals surface area contributed by atoms with E-state index in [-0.39, 0.29) is 24.2 Å². The molecule has 0 rings (SSSR count). The summed E-state index contributed by atoms with van der Waals surface area (Å²) < 4.78 is 17.3. The number of alkyl carbamates (subject to hydrolysis) is 1. The first-order valence-corrected chi connectivity index (χ1v) is 6.93. The quantitative estimate of drug-likeness (QED) is 0.730. The van der Waals surface area contributed by atoms with Gasteiger partial charge in [-0.2, -0.15) is 0 Å². The fourth-order valence-electron chi connectivity index (χ4n) is 1.62. The number of halogens is 1. The van der Waals surface area contributed by atoms with Crippen LogP contribution in [0.1, 0.15) is 47.5 Å². The lowest BCUT2D eigenvalue weighted by Gasteiger charge is -2.25. The molecule has 0 saturated heterocycles. The van der Waals surface area contributed by atoms with Crippen LogP contribution >= 0.6 is 0 Å². The number of hydrogen-bond donors (Lipinski definition) is 1. The highest BCUT2D eigenvalue weighted by atomic mass is 19.1. The van der Waals surface area contributed by atoms with Crippen molar-refractivity contribution in [3.8, 4) is 0 Å². The number of ketones is 1. The van der Waals surface area contributed by atoms with Gasteiger partial charge in [-0.15, -0.1) is 0 Å². The monoisotopic (exact) mass is 287 g/mol. The normalized spacial score (nSPS) is 14.9. The van der Waals surface area contributed by atoms with Crippen LogP contribution in [0.5, 0.6) is 0 Å². The van der Waals surface area contributed by atoms with E-state index in [0.29, 0.717) is 6.42 Å². The first-order chi connectivity index (χ1) is 9.19. The van der Waals surface area contributed by atoms with E-state index in [0.717, 1.165) is 0 Å². The van der Waals surface area contributed by atoms with E-state index in [1.807, 2.05) is 6.92 Å². The molecule has 0 aromatic carbocycles. The van der Waals surface area contributed by atoms with E-state index in [1.165, 1.54) is 6.08 Å². The molecule has 0 spiro atoms. The number of hydrogen-bond acceptors (Lipinski definition) is 3. The molecular formula is C15H26FNO3. The van der Waals surface area contributed by atoms with Gasteiger partial charge in [-0.3, -0.25) is 4.79 Å². The molecule has 116 valence electrons. The van der Waals surface area contributed by atoms with E-state index < -0.39 is 18.4 Å². The van der Waals surface area contributed by atoms with Crippen LogP contribution in [-0.4, -0.2) is 30.2 Å². The first kappa shape index (κ1) is 18.6. The maximum atomic E-state index is 12.2. The number of carbonyl (C=O) groups excluding carboxylic acids is 2. The van der Waals surface area contributed by atoms with E-state index >= 15 is 0 Å². The molecule has 0 aliphatic heterocycles. The van der Waals surface area contributed by atoms with Crippen LogP contribution in [0.2, 0.25) is 0 Å². The standard InChI is InChI=1S/C15H26FNO3/c1-6-12(18)10-13(11(2)8-7-9-16)17-14(19)20-15(3,4)5/h7-8,11,13H,6,9-10H2,1-5H3,(H,17,19). The third-order valence-electron chi connectivity index (χ3n) is 2.71. The van der Waals surface area contributed by atoms with Crippen molar-refractivity contribution >= 4 is 11.9 Å². The summed E-state index contributed by atoms with van der Waals surface area (Å²) in [5.41, 5.74) is -0.596. The largest absolute Gasteiger partial charge is 0.444 e. The molecule has 0 aromatic heterocycles. The Labute approximate surface area is 120 Å². The maximum Gasteiger partial charge on any atom is 0.407 e. The predicted octanol–water partition coefficient (Wildman–Crippen LogP) is 3.41. The van der Waals surface area contributed by atoms with Gasteiger partial charge >= 0.3 is 6.09 Å². The zero-order valence-electron chi connectivity index (χ0n) is 13.0. The van der Waals surface area contributed by atoms with Crippen LogP contribution < -0.4 is 5.32 Å². The zero-order valence-corrected chi connectivity index (χ0v) is 13.0. The highest BCUT2D eigenvalue weighted by Gasteiger charge is 2.23. The number of allylic oxidation sites excluding steroid dienone is 1. The van der Waals surface area contributed by atoms with Gasteiger partial charge < -0.3 is 10.1 Å². The van der Waals surface area contributed by atoms with Crippen LogP contribution in [0, 0.1) is 5.92 Å². The summed E-state index contributed by atoms with van der Waals surface area (Å²) in [6, 6.07) is -0.389. The molecule has 2 atom stereocenters. The van der Waals surface area contributed by atoms with Crippen molar-refractivity contribution in [1.82, 2.24) is 5.32 Å². The number of nitrogens with one attached hydrogen (secondary N) is 1. The van der Waals surface area contributed by atoms with Gasteiger partial charge in [0.25, 0.3) is 0 Å². The lowest BCUT2D eigenvalue weighted by Crippen LogP contribution is -2.43. The number of alkyl halides is 1. The van der Waals surface area contributed by atoms with Gasteiger partial charge in [0, 0.05) is 18.9 Å². The topological polar surface area (TPSA) is 55.4 Å². The summed E-state index contributed by atoms with van der Waals surface area (Å²) in [6.45, 7) is 8.35. The molecule has 5 heteroatoms. The average Bonchev–Trinajstić information content (AvgIpc) is 2.32. The lowest BCUT2D eigenvalue weighted by atomic mass is 9.96. The molecule has 1 amide bonds. The molecule has 2 unspecified atom stereocenters. The van der Waals surface area contributed by atoms with E-state index in [2.05, 4.69) is 5.32 Å². The highest BCUT2D eigenvalue weighted by molar-refractivity contribution is 5.79. The van der Waals surface area contributed by atoms with Gasteiger partial charge in [0.1, 0.15) is 18.1 Å². The van der Waals surface area contributed by atoms with Crippen molar-refractivity contribution in [3.63, 3.8) is 0 Å². The summed E-state index contributed by atoms with van der Waals surface area (Å²) in [7, 11) is 0. The Morgan fingerprint density at radius 2 is 1.95 bits per heavy atom. The molecule has 20 heavy (non-hydrogen) atoms. The predicted molar refractivity (Wildman–Crippen MR) is 77.4 cm³/mol. The summed E-state index contributed by atoms with van der Waals surface area (Å²) in [6.07, 6.45) is 3.10. The van der Waals surface area contributed by atoms with Gasteiger partial charge in [0.05, 0.1) is 0 Å². The molecule has 0 saturated carbocycles. The summed E-state index contributed by atoms with van der Waals surface area (Å²) in [4.78, 5) is 23.4. The Balaban J connectivity index is 4.71. The fraction of sp³-hybridized carbons (Fsp3) is 0.733. The smallest absolute Gasteiger partial charge is 0.407 e. The van der Waals surface area contributed by atoms with Crippen molar-refractivity contribution in [3.05, 3.63) is 12.2 Å². The van der Waals surface area contributed by atoms with Gasteiger partial charge in [-0.25, -0.2) is 9.18 Å². The van der Waals surface area contributed by atoms with Crippen molar-refractivity contribution < 1.29 is 18.7 Å². The minimum Gasteiger partial charge on any atom is -0.444 e. The molecule has 0 radical (unpaired) electrons. The third kappa shape index (κ3) is 8.67. The third-order valence-corrected chi connectivity index (χ3v) is 2.71. The fourth-order valence-corrected chi connectivity index (χ4v) is 1.62. The van der Waals surface area contributed by atoms with E-state index in [1.54, 1.807) is 33.8 Å². The number of amides is 1. The molecule has 1 N–H and O–H groups in total. The SMILES string of the molecule is CCC(=O)CC(NC(=O)OC(C)(C)C)C(C)C=CCF. The minimum atomic E-state index is -0.596. The Hall–Kier alpha value is -1.39. The molecule has 0 bridgehead atoms. The Bertz CT molecular complexity index is 348. The second-order valence-electron chi connectivity index (χ2n) is 5.79. The Morgan fingerprint density at radius 3 is 2.40 bits per heavy atom. The summed E-state index contributed by atoms with van der Waals surface area (Å²) in [5, 5.41) is 2.69. The van der Waals surface area contributed by atoms with Gasteiger partial charge in [-0.1, -0.05) is 26.0 Å². The highest BCUT2D eigenvalue weighted by Crippen LogP contribution is 2.13. The van der Waals surface area contributed by atoms with Gasteiger partial charge in [0.15, 0.2) is 0 Å². The summed E-state index contributed by atoms with van der Waals surface area (Å²) in [5.74, 6) is -0.0969. The molecule has 0 aromatic rings. The Kier molecular flexibility index (Phi) is 8.11. The maximum absolute atomic E-state index is 12.2. The van der Waals surface area contributed by atoms with Gasteiger partial charge in [0.2, 0.25) is 0 Å². The van der Waals surface area contributed by atoms with Crippen LogP contribution in [0.4, 0.5) is 9.18 Å². The second kappa shape index (κ2) is 8.72. The van der Waals surface area contributed by atoms with E-state index in [9.17, 15) is 14.0 Å². The molecule has 4 nitrogen and oxygen atoms in total. The Morgan fingerprint density at radius 1 is 1.35 bits per heavy atom. The number of Topliss-reactive ketones (excluding diaryl/α,β-unsaturated/α-hetero) is 1. The van der Waals surface area contributed by atoms with Crippen molar-refractivity contribution in [2.24, 2.45) is 5.92 Å². The molecular weight excluding hydrogens is 261 g/mol. The van der Waals surface area contributed by atoms with E-state index in [4.69, 9.17) is 4.74 Å². The number of carbonyl (C=O) groups is 2. The van der Waals surface area contributed by atoms with Crippen LogP contribution in [0.15, 0.2) is 12.2 Å². The molecule has 0 heterocycles. The number of rotatable bonds is 7. The van der Waals surface area contributed by atoms with Crippen LogP contribution in [0.25, 0.3) is 0 Å². The molecule has 0 aliphatic carbocycles.